The second-order valence-corrected chi connectivity index (χ2v) is 16.1. The van der Waals surface area contributed by atoms with Gasteiger partial charge < -0.3 is 4.90 Å². The lowest BCUT2D eigenvalue weighted by Gasteiger charge is -2.32. The average molecular weight is 790 g/mol. The number of aryl methyl sites for hydroxylation is 4. The molecule has 294 valence electrons. The van der Waals surface area contributed by atoms with E-state index in [0.29, 0.717) is 5.69 Å². The Balaban J connectivity index is 1.14. The number of rotatable bonds is 7. The van der Waals surface area contributed by atoms with Crippen LogP contribution in [0.2, 0.25) is 0 Å². The van der Waals surface area contributed by atoms with Crippen LogP contribution >= 0.6 is 0 Å². The Morgan fingerprint density at radius 3 is 1.85 bits per heavy atom. The lowest BCUT2D eigenvalue weighted by Crippen LogP contribution is -2.14. The Morgan fingerprint density at radius 1 is 0.475 bits per heavy atom. The molecule has 0 saturated carbocycles. The predicted molar refractivity (Wildman–Crippen MR) is 255 cm³/mol. The van der Waals surface area contributed by atoms with Crippen LogP contribution in [-0.4, -0.2) is 9.97 Å². The fourth-order valence-electron chi connectivity index (χ4n) is 9.25. The first-order valence-electron chi connectivity index (χ1n) is 20.8. The van der Waals surface area contributed by atoms with Crippen molar-refractivity contribution in [3.05, 3.63) is 210 Å². The SMILES string of the molecule is Cc1ccc(-c2ccc(N(c3c(C)c(-c4ccc5ccccc5c4C)c4ccccc4c3C)c3cccc4ccccc34)cc2)cc1-c1nc(-c2ccc(F)cc2)cnc1C. The number of anilines is 3. The van der Waals surface area contributed by atoms with Crippen LogP contribution in [0, 0.1) is 40.4 Å². The van der Waals surface area contributed by atoms with Gasteiger partial charge in [0.2, 0.25) is 0 Å². The molecule has 0 N–H and O–H groups in total. The van der Waals surface area contributed by atoms with Crippen LogP contribution in [0.5, 0.6) is 0 Å². The number of hydrogen-bond donors (Lipinski definition) is 0. The number of nitrogens with zero attached hydrogens (tertiary/aromatic N) is 3. The van der Waals surface area contributed by atoms with Gasteiger partial charge in [0.15, 0.2) is 0 Å². The molecular weight excluding hydrogens is 746 g/mol. The van der Waals surface area contributed by atoms with Gasteiger partial charge in [0.05, 0.1) is 34.7 Å². The van der Waals surface area contributed by atoms with E-state index >= 15 is 0 Å². The fourth-order valence-corrected chi connectivity index (χ4v) is 9.25. The molecule has 0 radical (unpaired) electrons. The molecular formula is C57H44FN3. The van der Waals surface area contributed by atoms with Crippen molar-refractivity contribution < 1.29 is 4.39 Å². The molecule has 0 aliphatic rings. The molecule has 0 fully saturated rings. The van der Waals surface area contributed by atoms with Crippen LogP contribution in [0.1, 0.15) is 27.9 Å². The largest absolute Gasteiger partial charge is 0.309 e. The highest BCUT2D eigenvalue weighted by atomic mass is 19.1. The Labute approximate surface area is 356 Å². The third-order valence-electron chi connectivity index (χ3n) is 12.4. The molecule has 0 bridgehead atoms. The standard InChI is InChI=1S/C57H44FN3/c1-35-21-22-44(33-52(35)56-39(5)59-34-53(60-56)43-23-28-45(58)29-24-43)40-25-30-46(31-26-40)61(54-20-12-15-41-13-7-9-18-50(41)54)57-37(3)48-17-10-11-19-51(48)55(38(57)4)49-32-27-42-14-6-8-16-47(42)36(49)2/h6-34H,1-5H3. The van der Waals surface area contributed by atoms with E-state index in [1.807, 2.05) is 6.92 Å². The van der Waals surface area contributed by atoms with Crippen molar-refractivity contribution in [1.29, 1.82) is 0 Å². The van der Waals surface area contributed by atoms with Crippen LogP contribution in [-0.2, 0) is 0 Å². The summed E-state index contributed by atoms with van der Waals surface area (Å²) in [7, 11) is 0. The van der Waals surface area contributed by atoms with Gasteiger partial charge in [-0.25, -0.2) is 9.37 Å². The van der Waals surface area contributed by atoms with Crippen molar-refractivity contribution in [3.8, 4) is 44.8 Å². The zero-order valence-corrected chi connectivity index (χ0v) is 35.0. The zero-order valence-electron chi connectivity index (χ0n) is 35.0. The van der Waals surface area contributed by atoms with Gasteiger partial charge >= 0.3 is 0 Å². The molecule has 0 saturated heterocycles. The van der Waals surface area contributed by atoms with Gasteiger partial charge in [-0.2, -0.15) is 0 Å². The lowest BCUT2D eigenvalue weighted by molar-refractivity contribution is 0.628. The maximum atomic E-state index is 13.8. The summed E-state index contributed by atoms with van der Waals surface area (Å²) in [6, 6.07) is 59.4. The van der Waals surface area contributed by atoms with Crippen LogP contribution in [0.15, 0.2) is 176 Å². The van der Waals surface area contributed by atoms with Crippen LogP contribution in [0.3, 0.4) is 0 Å². The first-order valence-corrected chi connectivity index (χ1v) is 20.8. The second-order valence-electron chi connectivity index (χ2n) is 16.1. The summed E-state index contributed by atoms with van der Waals surface area (Å²) >= 11 is 0. The van der Waals surface area contributed by atoms with Gasteiger partial charge in [0, 0.05) is 22.2 Å². The zero-order chi connectivity index (χ0) is 41.8. The molecule has 0 aliphatic heterocycles. The highest BCUT2D eigenvalue weighted by Gasteiger charge is 2.25. The minimum absolute atomic E-state index is 0.276. The summed E-state index contributed by atoms with van der Waals surface area (Å²) in [6.45, 7) is 10.9. The number of aromatic nitrogens is 2. The molecule has 0 spiro atoms. The van der Waals surface area contributed by atoms with Crippen LogP contribution < -0.4 is 4.90 Å². The van der Waals surface area contributed by atoms with Gasteiger partial charge in [-0.15, -0.1) is 0 Å². The first kappa shape index (κ1) is 37.8. The molecule has 61 heavy (non-hydrogen) atoms. The molecule has 0 aliphatic carbocycles. The molecule has 10 aromatic rings. The molecule has 0 amide bonds. The van der Waals surface area contributed by atoms with Gasteiger partial charge in [-0.3, -0.25) is 4.98 Å². The van der Waals surface area contributed by atoms with Crippen LogP contribution in [0.4, 0.5) is 21.5 Å². The van der Waals surface area contributed by atoms with E-state index < -0.39 is 0 Å². The summed E-state index contributed by atoms with van der Waals surface area (Å²) in [5, 5.41) is 7.39. The molecule has 10 rings (SSSR count). The summed E-state index contributed by atoms with van der Waals surface area (Å²) in [5.74, 6) is -0.276. The number of halogens is 1. The monoisotopic (exact) mass is 789 g/mol. The Kier molecular flexibility index (Phi) is 9.49. The third kappa shape index (κ3) is 6.61. The van der Waals surface area contributed by atoms with E-state index in [9.17, 15) is 4.39 Å². The lowest BCUT2D eigenvalue weighted by atomic mass is 9.85. The highest BCUT2D eigenvalue weighted by molar-refractivity contribution is 6.09. The molecule has 0 unspecified atom stereocenters. The number of hydrogen-bond acceptors (Lipinski definition) is 3. The van der Waals surface area contributed by atoms with Gasteiger partial charge in [-0.05, 0) is 155 Å². The van der Waals surface area contributed by atoms with Crippen molar-refractivity contribution in [1.82, 2.24) is 9.97 Å². The van der Waals surface area contributed by atoms with Crippen molar-refractivity contribution in [2.24, 2.45) is 0 Å². The maximum Gasteiger partial charge on any atom is 0.123 e. The van der Waals surface area contributed by atoms with E-state index in [4.69, 9.17) is 9.97 Å². The van der Waals surface area contributed by atoms with E-state index in [1.54, 1.807) is 18.3 Å². The molecule has 9 aromatic carbocycles. The molecule has 0 atom stereocenters. The van der Waals surface area contributed by atoms with E-state index in [1.165, 1.54) is 78.0 Å². The minimum atomic E-state index is -0.276. The topological polar surface area (TPSA) is 29.0 Å². The number of fused-ring (bicyclic) bond motifs is 3. The normalized spacial score (nSPS) is 11.4. The summed E-state index contributed by atoms with van der Waals surface area (Å²) in [5.41, 5.74) is 17.1. The van der Waals surface area contributed by atoms with Gasteiger partial charge in [0.25, 0.3) is 0 Å². The first-order chi connectivity index (χ1) is 29.7. The average Bonchev–Trinajstić information content (AvgIpc) is 3.29. The van der Waals surface area contributed by atoms with E-state index in [-0.39, 0.29) is 5.82 Å². The Hall–Kier alpha value is -7.43. The fraction of sp³-hybridized carbons (Fsp3) is 0.0877. The predicted octanol–water partition coefficient (Wildman–Crippen LogP) is 15.8. The van der Waals surface area contributed by atoms with Crippen molar-refractivity contribution in [2.75, 3.05) is 4.90 Å². The summed E-state index contributed by atoms with van der Waals surface area (Å²) in [6.07, 6.45) is 1.76. The third-order valence-corrected chi connectivity index (χ3v) is 12.4. The Morgan fingerprint density at radius 2 is 1.10 bits per heavy atom. The van der Waals surface area contributed by atoms with E-state index in [2.05, 4.69) is 178 Å². The summed E-state index contributed by atoms with van der Waals surface area (Å²) < 4.78 is 13.8. The van der Waals surface area contributed by atoms with Crippen molar-refractivity contribution >= 4 is 49.4 Å². The second kappa shape index (κ2) is 15.3. The maximum absolute atomic E-state index is 13.8. The molecule has 3 nitrogen and oxygen atoms in total. The molecule has 1 heterocycles. The number of benzene rings is 9. The van der Waals surface area contributed by atoms with Gasteiger partial charge in [0.1, 0.15) is 5.82 Å². The van der Waals surface area contributed by atoms with Crippen molar-refractivity contribution in [2.45, 2.75) is 34.6 Å². The minimum Gasteiger partial charge on any atom is -0.309 e. The quantitative estimate of drug-likeness (QED) is 0.161. The van der Waals surface area contributed by atoms with Crippen molar-refractivity contribution in [3.63, 3.8) is 0 Å². The highest BCUT2D eigenvalue weighted by Crippen LogP contribution is 2.49. The summed E-state index contributed by atoms with van der Waals surface area (Å²) in [4.78, 5) is 12.3. The molecule has 1 aromatic heterocycles. The Bertz CT molecular complexity index is 3310. The van der Waals surface area contributed by atoms with E-state index in [0.717, 1.165) is 50.6 Å². The van der Waals surface area contributed by atoms with Crippen LogP contribution in [0.25, 0.3) is 77.1 Å². The van der Waals surface area contributed by atoms with Gasteiger partial charge in [-0.1, -0.05) is 121 Å². The molecule has 4 heteroatoms. The smallest absolute Gasteiger partial charge is 0.123 e.